The van der Waals surface area contributed by atoms with Crippen LogP contribution in [0.5, 0.6) is 0 Å². The van der Waals surface area contributed by atoms with Crippen LogP contribution in [0, 0.1) is 35.5 Å². The van der Waals surface area contributed by atoms with Gasteiger partial charge in [0.1, 0.15) is 18.9 Å². The van der Waals surface area contributed by atoms with Crippen molar-refractivity contribution in [3.05, 3.63) is 141 Å². The van der Waals surface area contributed by atoms with Gasteiger partial charge in [-0.2, -0.15) is 0 Å². The Morgan fingerprint density at radius 1 is 0.333 bits per heavy atom. The van der Waals surface area contributed by atoms with E-state index in [-0.39, 0.29) is 0 Å². The first-order chi connectivity index (χ1) is 17.6. The third kappa shape index (κ3) is 6.55. The highest BCUT2D eigenvalue weighted by Gasteiger charge is 1.98. The average molecular weight is 463 g/mol. The number of carbonyl (C=O) groups excluding carboxylic acids is 3. The first-order valence-electron chi connectivity index (χ1n) is 11.0. The van der Waals surface area contributed by atoms with Gasteiger partial charge in [0, 0.05) is 50.1 Å². The molecule has 168 valence electrons. The molecule has 0 radical (unpaired) electrons. The zero-order valence-electron chi connectivity index (χ0n) is 19.1. The molecule has 0 N–H and O–H groups in total. The lowest BCUT2D eigenvalue weighted by Crippen LogP contribution is -1.86. The number of benzene rings is 4. The van der Waals surface area contributed by atoms with E-state index in [1.807, 2.05) is 18.2 Å². The molecule has 0 unspecified atom stereocenters. The molecule has 0 aliphatic heterocycles. The molecule has 0 fully saturated rings. The molecule has 0 amide bonds. The molecular formula is C33H18O3. The predicted molar refractivity (Wildman–Crippen MR) is 140 cm³/mol. The van der Waals surface area contributed by atoms with Gasteiger partial charge in [-0.25, -0.2) is 0 Å². The zero-order valence-corrected chi connectivity index (χ0v) is 19.1. The predicted octanol–water partition coefficient (Wildman–Crippen LogP) is 5.32. The summed E-state index contributed by atoms with van der Waals surface area (Å²) in [5.74, 6) is 18.8. The van der Waals surface area contributed by atoms with Crippen LogP contribution in [0.15, 0.2) is 91.0 Å². The van der Waals surface area contributed by atoms with Crippen LogP contribution in [0.2, 0.25) is 0 Å². The minimum Gasteiger partial charge on any atom is -0.298 e. The SMILES string of the molecule is O=Cc1ccc(C#Cc2cc(C#Cc3ccc(C=O)cc3)cc(C#Cc3ccc(C=O)cc3)c2)cc1. The molecule has 0 saturated carbocycles. The summed E-state index contributed by atoms with van der Waals surface area (Å²) in [6, 6.07) is 26.8. The molecule has 4 aromatic carbocycles. The van der Waals surface area contributed by atoms with Crippen LogP contribution in [0.3, 0.4) is 0 Å². The summed E-state index contributed by atoms with van der Waals surface area (Å²) in [7, 11) is 0. The molecular weight excluding hydrogens is 444 g/mol. The Labute approximate surface area is 209 Å². The van der Waals surface area contributed by atoms with Crippen LogP contribution in [-0.4, -0.2) is 18.9 Å². The number of hydrogen-bond acceptors (Lipinski definition) is 3. The van der Waals surface area contributed by atoms with E-state index >= 15 is 0 Å². The Balaban J connectivity index is 1.69. The highest BCUT2D eigenvalue weighted by atomic mass is 16.1. The van der Waals surface area contributed by atoms with Crippen molar-refractivity contribution in [1.82, 2.24) is 0 Å². The number of aldehydes is 3. The number of hydrogen-bond donors (Lipinski definition) is 0. The van der Waals surface area contributed by atoms with Gasteiger partial charge in [-0.1, -0.05) is 71.9 Å². The Hall–Kier alpha value is -5.43. The summed E-state index contributed by atoms with van der Waals surface area (Å²) in [5.41, 5.74) is 6.39. The molecule has 3 heteroatoms. The molecule has 0 saturated heterocycles. The molecule has 3 nitrogen and oxygen atoms in total. The highest BCUT2D eigenvalue weighted by Crippen LogP contribution is 2.11. The quantitative estimate of drug-likeness (QED) is 0.306. The van der Waals surface area contributed by atoms with E-state index in [0.29, 0.717) is 16.7 Å². The molecule has 0 aliphatic carbocycles. The van der Waals surface area contributed by atoms with Gasteiger partial charge in [0.2, 0.25) is 0 Å². The van der Waals surface area contributed by atoms with Crippen molar-refractivity contribution in [3.63, 3.8) is 0 Å². The number of rotatable bonds is 3. The van der Waals surface area contributed by atoms with Gasteiger partial charge in [-0.15, -0.1) is 0 Å². The molecule has 4 rings (SSSR count). The maximum absolute atomic E-state index is 10.9. The van der Waals surface area contributed by atoms with E-state index in [1.165, 1.54) is 0 Å². The van der Waals surface area contributed by atoms with E-state index in [1.54, 1.807) is 72.8 Å². The lowest BCUT2D eigenvalue weighted by Gasteiger charge is -1.98. The van der Waals surface area contributed by atoms with Crippen molar-refractivity contribution < 1.29 is 14.4 Å². The lowest BCUT2D eigenvalue weighted by atomic mass is 10.0. The summed E-state index contributed by atoms with van der Waals surface area (Å²) in [4.78, 5) is 32.6. The minimum absolute atomic E-state index is 0.595. The van der Waals surface area contributed by atoms with Crippen LogP contribution in [0.4, 0.5) is 0 Å². The molecule has 0 heterocycles. The van der Waals surface area contributed by atoms with Crippen molar-refractivity contribution in [2.24, 2.45) is 0 Å². The second kappa shape index (κ2) is 11.6. The Bertz CT molecular complexity index is 1400. The van der Waals surface area contributed by atoms with E-state index in [0.717, 1.165) is 52.2 Å². The smallest absolute Gasteiger partial charge is 0.150 e. The van der Waals surface area contributed by atoms with Crippen LogP contribution >= 0.6 is 0 Å². The molecule has 0 spiro atoms. The molecule has 4 aromatic rings. The van der Waals surface area contributed by atoms with E-state index in [9.17, 15) is 14.4 Å². The largest absolute Gasteiger partial charge is 0.298 e. The van der Waals surface area contributed by atoms with Crippen molar-refractivity contribution in [2.75, 3.05) is 0 Å². The topological polar surface area (TPSA) is 51.2 Å². The molecule has 36 heavy (non-hydrogen) atoms. The van der Waals surface area contributed by atoms with E-state index < -0.39 is 0 Å². The van der Waals surface area contributed by atoms with E-state index in [2.05, 4.69) is 35.5 Å². The Morgan fingerprint density at radius 2 is 0.556 bits per heavy atom. The third-order valence-electron chi connectivity index (χ3n) is 5.13. The summed E-state index contributed by atoms with van der Waals surface area (Å²) in [6.07, 6.45) is 2.38. The molecule has 0 atom stereocenters. The second-order valence-corrected chi connectivity index (χ2v) is 7.77. The van der Waals surface area contributed by atoms with E-state index in [4.69, 9.17) is 0 Å². The molecule has 0 bridgehead atoms. The Morgan fingerprint density at radius 3 is 0.778 bits per heavy atom. The third-order valence-corrected chi connectivity index (χ3v) is 5.13. The summed E-state index contributed by atoms with van der Waals surface area (Å²) in [6.45, 7) is 0. The zero-order chi connectivity index (χ0) is 25.2. The van der Waals surface area contributed by atoms with Gasteiger partial charge >= 0.3 is 0 Å². The fraction of sp³-hybridized carbons (Fsp3) is 0. The highest BCUT2D eigenvalue weighted by molar-refractivity contribution is 5.76. The van der Waals surface area contributed by atoms with Crippen molar-refractivity contribution >= 4 is 18.9 Å². The van der Waals surface area contributed by atoms with Gasteiger partial charge in [-0.05, 0) is 54.6 Å². The van der Waals surface area contributed by atoms with Gasteiger partial charge in [0.25, 0.3) is 0 Å². The summed E-state index contributed by atoms with van der Waals surface area (Å²) in [5, 5.41) is 0. The Kier molecular flexibility index (Phi) is 7.66. The molecule has 0 aromatic heterocycles. The van der Waals surface area contributed by atoms with Crippen molar-refractivity contribution in [2.45, 2.75) is 0 Å². The van der Waals surface area contributed by atoms with Crippen LogP contribution in [-0.2, 0) is 0 Å². The average Bonchev–Trinajstić information content (AvgIpc) is 2.94. The van der Waals surface area contributed by atoms with Crippen LogP contribution < -0.4 is 0 Å². The normalized spacial score (nSPS) is 9.33. The lowest BCUT2D eigenvalue weighted by molar-refractivity contribution is 0.111. The van der Waals surface area contributed by atoms with Crippen molar-refractivity contribution in [3.8, 4) is 35.5 Å². The van der Waals surface area contributed by atoms with Crippen LogP contribution in [0.1, 0.15) is 64.5 Å². The maximum atomic E-state index is 10.9. The minimum atomic E-state index is 0.595. The second-order valence-electron chi connectivity index (χ2n) is 7.77. The van der Waals surface area contributed by atoms with Gasteiger partial charge in [0.05, 0.1) is 0 Å². The van der Waals surface area contributed by atoms with Gasteiger partial charge < -0.3 is 0 Å². The van der Waals surface area contributed by atoms with Gasteiger partial charge in [-0.3, -0.25) is 14.4 Å². The standard InChI is InChI=1S/C33H18O3/c34-22-28-10-1-25(2-11-28)7-16-31-19-32(17-8-26-3-12-29(23-35)13-4-26)21-33(20-31)18-9-27-5-14-30(24-36)15-6-27/h1-6,10-15,19-24H. The fourth-order valence-electron chi connectivity index (χ4n) is 3.21. The van der Waals surface area contributed by atoms with Crippen LogP contribution in [0.25, 0.3) is 0 Å². The monoisotopic (exact) mass is 462 g/mol. The summed E-state index contributed by atoms with van der Waals surface area (Å²) >= 11 is 0. The molecule has 0 aliphatic rings. The fourth-order valence-corrected chi connectivity index (χ4v) is 3.21. The van der Waals surface area contributed by atoms with Gasteiger partial charge in [0.15, 0.2) is 0 Å². The first kappa shape index (κ1) is 23.7. The first-order valence-corrected chi connectivity index (χ1v) is 11.0. The van der Waals surface area contributed by atoms with Crippen molar-refractivity contribution in [1.29, 1.82) is 0 Å². The number of carbonyl (C=O) groups is 3. The maximum Gasteiger partial charge on any atom is 0.150 e. The summed E-state index contributed by atoms with van der Waals surface area (Å²) < 4.78 is 0.